The molecule has 0 saturated carbocycles. The van der Waals surface area contributed by atoms with E-state index < -0.39 is 0 Å². The first-order chi connectivity index (χ1) is 28.2. The highest BCUT2D eigenvalue weighted by Crippen LogP contribution is 2.43. The van der Waals surface area contributed by atoms with Crippen LogP contribution in [0.3, 0.4) is 0 Å². The highest BCUT2D eigenvalue weighted by atomic mass is 32.1. The first-order valence-corrected chi connectivity index (χ1v) is 19.5. The largest absolute Gasteiger partial charge is 0.456 e. The molecule has 8 heteroatoms. The molecular formula is C49H27N5O2S. The van der Waals surface area contributed by atoms with Crippen molar-refractivity contribution in [1.82, 2.24) is 24.9 Å². The number of thiophene rings is 1. The molecule has 12 rings (SSSR count). The van der Waals surface area contributed by atoms with Crippen LogP contribution in [-0.2, 0) is 0 Å². The van der Waals surface area contributed by atoms with E-state index in [1.165, 1.54) is 4.70 Å². The number of hydrogen-bond donors (Lipinski definition) is 0. The van der Waals surface area contributed by atoms with Crippen LogP contribution in [0.5, 0.6) is 0 Å². The molecule has 0 radical (unpaired) electrons. The Morgan fingerprint density at radius 1 is 0.368 bits per heavy atom. The number of hydrogen-bond acceptors (Lipinski definition) is 8. The lowest BCUT2D eigenvalue weighted by atomic mass is 10.0. The van der Waals surface area contributed by atoms with Crippen molar-refractivity contribution in [2.45, 2.75) is 0 Å². The van der Waals surface area contributed by atoms with Crippen molar-refractivity contribution in [2.24, 2.45) is 0 Å². The number of nitrogens with zero attached hydrogens (tertiary/aromatic N) is 5. The van der Waals surface area contributed by atoms with Crippen LogP contribution in [0.1, 0.15) is 0 Å². The Labute approximate surface area is 328 Å². The SMILES string of the molecule is c1ccc(-c2nc(-c3ccc4oc5cccc(-c6nc(-c7ccccc7)c7sc8ccccc8c7n6)c5c4c3)nc(-c3cccc4oc5ccccc5c34)n2)cc1. The van der Waals surface area contributed by atoms with Crippen molar-refractivity contribution in [1.29, 1.82) is 0 Å². The van der Waals surface area contributed by atoms with E-state index in [1.54, 1.807) is 11.3 Å². The minimum Gasteiger partial charge on any atom is -0.456 e. The van der Waals surface area contributed by atoms with Crippen LogP contribution in [0.2, 0.25) is 0 Å². The van der Waals surface area contributed by atoms with Crippen LogP contribution in [0.25, 0.3) is 121 Å². The molecule has 57 heavy (non-hydrogen) atoms. The van der Waals surface area contributed by atoms with Gasteiger partial charge in [0.05, 0.1) is 15.9 Å². The van der Waals surface area contributed by atoms with E-state index in [4.69, 9.17) is 33.8 Å². The minimum absolute atomic E-state index is 0.547. The lowest BCUT2D eigenvalue weighted by Gasteiger charge is -2.10. The molecule has 7 nitrogen and oxygen atoms in total. The lowest BCUT2D eigenvalue weighted by molar-refractivity contribution is 0.668. The second-order valence-corrected chi connectivity index (χ2v) is 15.0. The molecular weight excluding hydrogens is 723 g/mol. The summed E-state index contributed by atoms with van der Waals surface area (Å²) in [6.07, 6.45) is 0. The zero-order valence-corrected chi connectivity index (χ0v) is 30.9. The van der Waals surface area contributed by atoms with Gasteiger partial charge in [0, 0.05) is 59.4 Å². The summed E-state index contributed by atoms with van der Waals surface area (Å²) in [5, 5.41) is 4.94. The number of furan rings is 2. The molecule has 12 aromatic rings. The fourth-order valence-electron chi connectivity index (χ4n) is 7.96. The Morgan fingerprint density at radius 3 is 1.68 bits per heavy atom. The van der Waals surface area contributed by atoms with Gasteiger partial charge in [-0.3, -0.25) is 0 Å². The second kappa shape index (κ2) is 12.5. The summed E-state index contributed by atoms with van der Waals surface area (Å²) in [5.74, 6) is 2.33. The monoisotopic (exact) mass is 749 g/mol. The second-order valence-electron chi connectivity index (χ2n) is 14.0. The molecule has 7 aromatic carbocycles. The molecule has 5 heterocycles. The first kappa shape index (κ1) is 31.8. The standard InChI is InChI=1S/C49H27N5O2S/c1-3-13-28(14-4-1)43-45-44(32-18-8-10-24-40(32)57-45)51-48(50-43)34-20-12-23-39-42(34)35-27-30(25-26-37(35)56-39)47-52-46(29-15-5-2-6-16-29)53-49(54-47)33-19-11-22-38-41(33)31-17-7-9-21-36(31)55-38/h1-27H. The lowest BCUT2D eigenvalue weighted by Crippen LogP contribution is -2.00. The summed E-state index contributed by atoms with van der Waals surface area (Å²) >= 11 is 1.73. The van der Waals surface area contributed by atoms with Gasteiger partial charge in [-0.2, -0.15) is 0 Å². The maximum Gasteiger partial charge on any atom is 0.164 e. The Hall–Kier alpha value is -7.55. The molecule has 0 amide bonds. The summed E-state index contributed by atoms with van der Waals surface area (Å²) in [6.45, 7) is 0. The average Bonchev–Trinajstić information content (AvgIpc) is 3.97. The number of rotatable bonds is 5. The summed E-state index contributed by atoms with van der Waals surface area (Å²) in [7, 11) is 0. The molecule has 0 unspecified atom stereocenters. The van der Waals surface area contributed by atoms with Gasteiger partial charge in [0.1, 0.15) is 22.3 Å². The topological polar surface area (TPSA) is 90.7 Å². The third-order valence-electron chi connectivity index (χ3n) is 10.6. The van der Waals surface area contributed by atoms with Gasteiger partial charge in [0.2, 0.25) is 0 Å². The molecule has 0 N–H and O–H groups in total. The molecule has 0 saturated heterocycles. The van der Waals surface area contributed by atoms with Gasteiger partial charge < -0.3 is 8.83 Å². The summed E-state index contributed by atoms with van der Waals surface area (Å²) in [4.78, 5) is 25.9. The smallest absolute Gasteiger partial charge is 0.164 e. The van der Waals surface area contributed by atoms with E-state index in [0.29, 0.717) is 23.3 Å². The summed E-state index contributed by atoms with van der Waals surface area (Å²) < 4.78 is 15.0. The van der Waals surface area contributed by atoms with Gasteiger partial charge in [-0.05, 0) is 42.5 Å². The van der Waals surface area contributed by atoms with E-state index in [2.05, 4.69) is 72.8 Å². The number of para-hydroxylation sites is 1. The average molecular weight is 750 g/mol. The zero-order valence-electron chi connectivity index (χ0n) is 30.0. The predicted molar refractivity (Wildman–Crippen MR) is 230 cm³/mol. The fraction of sp³-hybridized carbons (Fsp3) is 0. The number of aromatic nitrogens is 5. The van der Waals surface area contributed by atoms with E-state index in [9.17, 15) is 0 Å². The molecule has 0 fully saturated rings. The Bertz CT molecular complexity index is 3540. The molecule has 0 aliphatic carbocycles. The highest BCUT2D eigenvalue weighted by Gasteiger charge is 2.22. The van der Waals surface area contributed by atoms with Crippen LogP contribution < -0.4 is 0 Å². The van der Waals surface area contributed by atoms with Crippen LogP contribution in [0, 0.1) is 0 Å². The van der Waals surface area contributed by atoms with Gasteiger partial charge in [-0.1, -0.05) is 121 Å². The molecule has 0 aliphatic rings. The molecule has 266 valence electrons. The third-order valence-corrected chi connectivity index (χ3v) is 11.7. The van der Waals surface area contributed by atoms with Crippen LogP contribution in [0.4, 0.5) is 0 Å². The van der Waals surface area contributed by atoms with Crippen molar-refractivity contribution in [3.05, 3.63) is 164 Å². The maximum absolute atomic E-state index is 6.51. The van der Waals surface area contributed by atoms with Crippen LogP contribution >= 0.6 is 11.3 Å². The van der Waals surface area contributed by atoms with E-state index in [1.807, 2.05) is 91.0 Å². The third kappa shape index (κ3) is 5.08. The predicted octanol–water partition coefficient (Wildman–Crippen LogP) is 13.2. The van der Waals surface area contributed by atoms with Gasteiger partial charge in [-0.15, -0.1) is 11.3 Å². The molecule has 0 atom stereocenters. The van der Waals surface area contributed by atoms with Crippen molar-refractivity contribution in [3.63, 3.8) is 0 Å². The van der Waals surface area contributed by atoms with Crippen molar-refractivity contribution >= 4 is 75.5 Å². The molecule has 5 aromatic heterocycles. The van der Waals surface area contributed by atoms with Crippen LogP contribution in [-0.4, -0.2) is 24.9 Å². The summed E-state index contributed by atoms with van der Waals surface area (Å²) in [6, 6.07) is 55.1. The van der Waals surface area contributed by atoms with Crippen LogP contribution in [0.15, 0.2) is 173 Å². The van der Waals surface area contributed by atoms with Crippen molar-refractivity contribution in [3.8, 4) is 56.8 Å². The zero-order chi connectivity index (χ0) is 37.5. The van der Waals surface area contributed by atoms with Crippen molar-refractivity contribution < 1.29 is 8.83 Å². The van der Waals surface area contributed by atoms with E-state index in [0.717, 1.165) is 93.0 Å². The minimum atomic E-state index is 0.547. The quantitative estimate of drug-likeness (QED) is 0.173. The number of benzene rings is 7. The molecule has 0 spiro atoms. The fourth-order valence-corrected chi connectivity index (χ4v) is 9.11. The molecule has 0 bridgehead atoms. The molecule has 0 aliphatic heterocycles. The highest BCUT2D eigenvalue weighted by molar-refractivity contribution is 7.26. The Morgan fingerprint density at radius 2 is 0.930 bits per heavy atom. The Balaban J connectivity index is 1.09. The number of fused-ring (bicyclic) bond motifs is 9. The first-order valence-electron chi connectivity index (χ1n) is 18.7. The van der Waals surface area contributed by atoms with Gasteiger partial charge in [0.25, 0.3) is 0 Å². The Kier molecular flexibility index (Phi) is 6.96. The van der Waals surface area contributed by atoms with E-state index >= 15 is 0 Å². The van der Waals surface area contributed by atoms with Gasteiger partial charge >= 0.3 is 0 Å². The van der Waals surface area contributed by atoms with E-state index in [-0.39, 0.29) is 0 Å². The van der Waals surface area contributed by atoms with Crippen molar-refractivity contribution in [2.75, 3.05) is 0 Å². The van der Waals surface area contributed by atoms with Gasteiger partial charge in [-0.25, -0.2) is 24.9 Å². The summed E-state index contributed by atoms with van der Waals surface area (Å²) in [5.41, 5.74) is 9.48. The normalized spacial score (nSPS) is 11.9. The maximum atomic E-state index is 6.51. The van der Waals surface area contributed by atoms with Gasteiger partial charge in [0.15, 0.2) is 23.3 Å².